The van der Waals surface area contributed by atoms with Crippen LogP contribution in [-0.4, -0.2) is 25.5 Å². The van der Waals surface area contributed by atoms with Gasteiger partial charge in [0.2, 0.25) is 5.91 Å². The first-order valence-electron chi connectivity index (χ1n) is 6.92. The number of hydrogen-bond acceptors (Lipinski definition) is 4. The van der Waals surface area contributed by atoms with Crippen molar-refractivity contribution < 1.29 is 4.79 Å². The van der Waals surface area contributed by atoms with Crippen LogP contribution in [0.3, 0.4) is 0 Å². The van der Waals surface area contributed by atoms with E-state index in [1.807, 2.05) is 23.1 Å². The summed E-state index contributed by atoms with van der Waals surface area (Å²) in [6.07, 6.45) is 2.90. The molecule has 1 aliphatic rings. The molecule has 20 heavy (non-hydrogen) atoms. The number of nitrogens with zero attached hydrogens (tertiary/aromatic N) is 2. The summed E-state index contributed by atoms with van der Waals surface area (Å²) >= 11 is 0. The number of nitrogens with one attached hydrogen (secondary N) is 1. The predicted molar refractivity (Wildman–Crippen MR) is 78.1 cm³/mol. The second-order valence-corrected chi connectivity index (χ2v) is 4.99. The van der Waals surface area contributed by atoms with Crippen LogP contribution in [0.1, 0.15) is 30.4 Å². The van der Waals surface area contributed by atoms with Gasteiger partial charge in [-0.25, -0.2) is 0 Å². The molecule has 1 aliphatic heterocycles. The van der Waals surface area contributed by atoms with Crippen LogP contribution in [-0.2, 0) is 11.3 Å². The van der Waals surface area contributed by atoms with Crippen molar-refractivity contribution in [3.63, 3.8) is 0 Å². The Morgan fingerprint density at radius 3 is 3.00 bits per heavy atom. The summed E-state index contributed by atoms with van der Waals surface area (Å²) in [6, 6.07) is 7.66. The summed E-state index contributed by atoms with van der Waals surface area (Å²) in [7, 11) is 1.65. The molecule has 0 radical (unpaired) electrons. The molecule has 1 amide bonds. The van der Waals surface area contributed by atoms with Crippen molar-refractivity contribution in [2.75, 3.05) is 18.5 Å². The summed E-state index contributed by atoms with van der Waals surface area (Å²) in [5.41, 5.74) is 7.96. The Labute approximate surface area is 119 Å². The highest BCUT2D eigenvalue weighted by Gasteiger charge is 2.29. The van der Waals surface area contributed by atoms with Crippen molar-refractivity contribution in [3.8, 4) is 6.07 Å². The molecule has 5 heteroatoms. The van der Waals surface area contributed by atoms with Gasteiger partial charge in [0.15, 0.2) is 0 Å². The number of benzene rings is 1. The fourth-order valence-electron chi connectivity index (χ4n) is 2.71. The standard InChI is InChI=1S/C15H20N4O/c1-18-15(20)14-4-2-3-7-19(14)13-6-5-11(9-16)8-12(13)10-17/h5-6,8,14H,2-4,7,9,16H2,1H3,(H,18,20). The van der Waals surface area contributed by atoms with Crippen LogP contribution >= 0.6 is 0 Å². The number of likely N-dealkylation sites (N-methyl/N-ethyl adjacent to an activating group) is 1. The Morgan fingerprint density at radius 1 is 1.55 bits per heavy atom. The van der Waals surface area contributed by atoms with E-state index in [9.17, 15) is 10.1 Å². The molecular formula is C15H20N4O. The number of amides is 1. The number of piperidine rings is 1. The zero-order valence-corrected chi connectivity index (χ0v) is 11.7. The van der Waals surface area contributed by atoms with E-state index in [-0.39, 0.29) is 11.9 Å². The maximum Gasteiger partial charge on any atom is 0.242 e. The third kappa shape index (κ3) is 2.75. The van der Waals surface area contributed by atoms with Gasteiger partial charge in [-0.2, -0.15) is 5.26 Å². The molecule has 0 spiro atoms. The average Bonchev–Trinajstić information content (AvgIpc) is 2.53. The maximum atomic E-state index is 12.0. The first kappa shape index (κ1) is 14.4. The van der Waals surface area contributed by atoms with Gasteiger partial charge in [0.25, 0.3) is 0 Å². The Balaban J connectivity index is 2.37. The topological polar surface area (TPSA) is 82.2 Å². The van der Waals surface area contributed by atoms with Gasteiger partial charge in [-0.1, -0.05) is 6.07 Å². The van der Waals surface area contributed by atoms with E-state index < -0.39 is 0 Å². The van der Waals surface area contributed by atoms with Gasteiger partial charge < -0.3 is 16.0 Å². The highest BCUT2D eigenvalue weighted by atomic mass is 16.2. The zero-order valence-electron chi connectivity index (χ0n) is 11.7. The van der Waals surface area contributed by atoms with E-state index in [0.717, 1.165) is 37.1 Å². The minimum Gasteiger partial charge on any atom is -0.358 e. The molecular weight excluding hydrogens is 252 g/mol. The van der Waals surface area contributed by atoms with Crippen LogP contribution in [0.4, 0.5) is 5.69 Å². The molecule has 1 unspecified atom stereocenters. The van der Waals surface area contributed by atoms with Gasteiger partial charge in [-0.05, 0) is 37.0 Å². The number of carbonyl (C=O) groups excluding carboxylic acids is 1. The van der Waals surface area contributed by atoms with E-state index in [4.69, 9.17) is 5.73 Å². The summed E-state index contributed by atoms with van der Waals surface area (Å²) < 4.78 is 0. The van der Waals surface area contributed by atoms with E-state index in [2.05, 4.69) is 11.4 Å². The van der Waals surface area contributed by atoms with Crippen LogP contribution in [0.15, 0.2) is 18.2 Å². The quantitative estimate of drug-likeness (QED) is 0.864. The molecule has 1 atom stereocenters. The summed E-state index contributed by atoms with van der Waals surface area (Å²) in [5, 5.41) is 12.0. The largest absolute Gasteiger partial charge is 0.358 e. The second kappa shape index (κ2) is 6.40. The van der Waals surface area contributed by atoms with Gasteiger partial charge in [0.1, 0.15) is 12.1 Å². The Hall–Kier alpha value is -2.06. The van der Waals surface area contributed by atoms with Gasteiger partial charge in [-0.15, -0.1) is 0 Å². The van der Waals surface area contributed by atoms with E-state index >= 15 is 0 Å². The molecule has 1 fully saturated rings. The fraction of sp³-hybridized carbons (Fsp3) is 0.467. The number of carbonyl (C=O) groups is 1. The van der Waals surface area contributed by atoms with Crippen LogP contribution in [0.5, 0.6) is 0 Å². The van der Waals surface area contributed by atoms with Crippen LogP contribution < -0.4 is 16.0 Å². The van der Waals surface area contributed by atoms with Crippen molar-refractivity contribution >= 4 is 11.6 Å². The van der Waals surface area contributed by atoms with Crippen molar-refractivity contribution in [1.29, 1.82) is 5.26 Å². The molecule has 2 rings (SSSR count). The number of nitrogens with two attached hydrogens (primary N) is 1. The lowest BCUT2D eigenvalue weighted by Crippen LogP contribution is -2.49. The van der Waals surface area contributed by atoms with Crippen LogP contribution in [0.25, 0.3) is 0 Å². The minimum absolute atomic E-state index is 0.0106. The van der Waals surface area contributed by atoms with E-state index in [1.54, 1.807) is 7.05 Å². The lowest BCUT2D eigenvalue weighted by Gasteiger charge is -2.36. The first-order chi connectivity index (χ1) is 9.71. The minimum atomic E-state index is -0.190. The third-order valence-corrected chi connectivity index (χ3v) is 3.78. The fourth-order valence-corrected chi connectivity index (χ4v) is 2.71. The van der Waals surface area contributed by atoms with Gasteiger partial charge in [-0.3, -0.25) is 4.79 Å². The van der Waals surface area contributed by atoms with Crippen molar-refractivity contribution in [1.82, 2.24) is 5.32 Å². The molecule has 1 aromatic carbocycles. The molecule has 0 bridgehead atoms. The molecule has 0 saturated carbocycles. The predicted octanol–water partition coefficient (Wildman–Crippen LogP) is 1.12. The average molecular weight is 272 g/mol. The lowest BCUT2D eigenvalue weighted by atomic mass is 9.98. The molecule has 0 aromatic heterocycles. The normalized spacial score (nSPS) is 18.4. The molecule has 3 N–H and O–H groups in total. The molecule has 106 valence electrons. The highest BCUT2D eigenvalue weighted by Crippen LogP contribution is 2.28. The van der Waals surface area contributed by atoms with E-state index in [1.165, 1.54) is 0 Å². The zero-order chi connectivity index (χ0) is 14.5. The molecule has 5 nitrogen and oxygen atoms in total. The monoisotopic (exact) mass is 272 g/mol. The lowest BCUT2D eigenvalue weighted by molar-refractivity contribution is -0.122. The van der Waals surface area contributed by atoms with E-state index in [0.29, 0.717) is 12.1 Å². The number of hydrogen-bond donors (Lipinski definition) is 2. The first-order valence-corrected chi connectivity index (χ1v) is 6.92. The summed E-state index contributed by atoms with van der Waals surface area (Å²) in [6.45, 7) is 1.21. The van der Waals surface area contributed by atoms with Crippen LogP contribution in [0.2, 0.25) is 0 Å². The van der Waals surface area contributed by atoms with Gasteiger partial charge >= 0.3 is 0 Å². The van der Waals surface area contributed by atoms with Gasteiger partial charge in [0.05, 0.1) is 11.3 Å². The van der Waals surface area contributed by atoms with Crippen molar-refractivity contribution in [3.05, 3.63) is 29.3 Å². The molecule has 0 aliphatic carbocycles. The van der Waals surface area contributed by atoms with Crippen LogP contribution in [0, 0.1) is 11.3 Å². The van der Waals surface area contributed by atoms with Crippen molar-refractivity contribution in [2.45, 2.75) is 31.8 Å². The van der Waals surface area contributed by atoms with Gasteiger partial charge in [0, 0.05) is 20.1 Å². The Morgan fingerprint density at radius 2 is 2.35 bits per heavy atom. The third-order valence-electron chi connectivity index (χ3n) is 3.78. The molecule has 1 saturated heterocycles. The Kier molecular flexibility index (Phi) is 4.59. The number of rotatable bonds is 3. The highest BCUT2D eigenvalue weighted by molar-refractivity contribution is 5.85. The molecule has 1 aromatic rings. The second-order valence-electron chi connectivity index (χ2n) is 4.99. The molecule has 1 heterocycles. The maximum absolute atomic E-state index is 12.0. The Bertz CT molecular complexity index is 535. The summed E-state index contributed by atoms with van der Waals surface area (Å²) in [4.78, 5) is 14.1. The number of anilines is 1. The SMILES string of the molecule is CNC(=O)C1CCCCN1c1ccc(CN)cc1C#N. The smallest absolute Gasteiger partial charge is 0.242 e. The number of nitriles is 1. The van der Waals surface area contributed by atoms with Crippen molar-refractivity contribution in [2.24, 2.45) is 5.73 Å². The summed E-state index contributed by atoms with van der Waals surface area (Å²) in [5.74, 6) is 0.0106.